The van der Waals surface area contributed by atoms with Crippen LogP contribution in [0.4, 0.5) is 0 Å². The lowest BCUT2D eigenvalue weighted by Crippen LogP contribution is -2.28. The lowest BCUT2D eigenvalue weighted by Gasteiger charge is -2.13. The standard InChI is InChI=1S/C24H21N3O6/c1-11-5-17(10-25-27-21(28)19-13-3-4-14(6-13)20(19)22(27)29)12(2)26(11)18-8-15(23(30)31)7-16(9-18)24(32)33/h3-5,7-10,13-14,19-20H,6H2,1-2H3,(H,30,31)(H,32,33)/t13-,14-,19-,20+/m0/s1. The summed E-state index contributed by atoms with van der Waals surface area (Å²) >= 11 is 0. The van der Waals surface area contributed by atoms with Gasteiger partial charge in [-0.1, -0.05) is 12.2 Å². The minimum absolute atomic E-state index is 0.103. The van der Waals surface area contributed by atoms with Gasteiger partial charge in [-0.2, -0.15) is 10.1 Å². The monoisotopic (exact) mass is 447 g/mol. The van der Waals surface area contributed by atoms with E-state index in [2.05, 4.69) is 5.10 Å². The molecule has 2 N–H and O–H groups in total. The summed E-state index contributed by atoms with van der Waals surface area (Å²) in [4.78, 5) is 48.6. The molecule has 4 atom stereocenters. The predicted octanol–water partition coefficient (Wildman–Crippen LogP) is 2.63. The molecule has 5 rings (SSSR count). The second-order valence-electron chi connectivity index (χ2n) is 8.77. The number of carbonyl (C=O) groups is 4. The fraction of sp³-hybridized carbons (Fsp3) is 0.292. The highest BCUT2D eigenvalue weighted by atomic mass is 16.4. The Morgan fingerprint density at radius 3 is 2.00 bits per heavy atom. The molecular weight excluding hydrogens is 426 g/mol. The van der Waals surface area contributed by atoms with Crippen LogP contribution >= 0.6 is 0 Å². The van der Waals surface area contributed by atoms with Crippen molar-refractivity contribution in [2.45, 2.75) is 20.3 Å². The van der Waals surface area contributed by atoms with Crippen LogP contribution in [0.15, 0.2) is 41.5 Å². The number of imide groups is 1. The number of aromatic nitrogens is 1. The summed E-state index contributed by atoms with van der Waals surface area (Å²) in [7, 11) is 0. The molecule has 2 heterocycles. The topological polar surface area (TPSA) is 129 Å². The number of hydrazone groups is 1. The Morgan fingerprint density at radius 1 is 0.939 bits per heavy atom. The minimum atomic E-state index is -1.23. The van der Waals surface area contributed by atoms with Gasteiger partial charge in [-0.3, -0.25) is 9.59 Å². The Hall–Kier alpha value is -4.01. The first-order valence-corrected chi connectivity index (χ1v) is 10.6. The van der Waals surface area contributed by atoms with Crippen LogP contribution in [-0.4, -0.2) is 49.8 Å². The van der Waals surface area contributed by atoms with E-state index < -0.39 is 11.9 Å². The highest BCUT2D eigenvalue weighted by Gasteiger charge is 2.59. The molecule has 1 saturated heterocycles. The maximum Gasteiger partial charge on any atom is 0.335 e. The van der Waals surface area contributed by atoms with Crippen LogP contribution in [0.3, 0.4) is 0 Å². The molecule has 0 spiro atoms. The number of amides is 2. The van der Waals surface area contributed by atoms with Crippen molar-refractivity contribution in [3.63, 3.8) is 0 Å². The van der Waals surface area contributed by atoms with Crippen LogP contribution < -0.4 is 0 Å². The number of allylic oxidation sites excluding steroid dienone is 2. The van der Waals surface area contributed by atoms with Crippen molar-refractivity contribution in [2.24, 2.45) is 28.8 Å². The second kappa shape index (κ2) is 7.26. The normalized spacial score (nSPS) is 25.5. The molecule has 1 saturated carbocycles. The summed E-state index contributed by atoms with van der Waals surface area (Å²) in [6.07, 6.45) is 6.34. The molecule has 9 nitrogen and oxygen atoms in total. The SMILES string of the molecule is Cc1cc(C=NN2C(=O)[C@@H]3[C@H](C2=O)[C@H]2C=C[C@H]3C2)c(C)n1-c1cc(C(=O)O)cc(C(=O)O)c1. The van der Waals surface area contributed by atoms with E-state index >= 15 is 0 Å². The van der Waals surface area contributed by atoms with Gasteiger partial charge in [-0.05, 0) is 56.4 Å². The largest absolute Gasteiger partial charge is 0.478 e. The van der Waals surface area contributed by atoms with Crippen LogP contribution in [0.5, 0.6) is 0 Å². The predicted molar refractivity (Wildman–Crippen MR) is 116 cm³/mol. The summed E-state index contributed by atoms with van der Waals surface area (Å²) in [6, 6.07) is 5.68. The summed E-state index contributed by atoms with van der Waals surface area (Å²) in [6.45, 7) is 3.56. The first kappa shape index (κ1) is 20.9. The van der Waals surface area contributed by atoms with Crippen molar-refractivity contribution in [1.29, 1.82) is 0 Å². The van der Waals surface area contributed by atoms with E-state index in [9.17, 15) is 29.4 Å². The van der Waals surface area contributed by atoms with E-state index in [-0.39, 0.29) is 46.6 Å². The number of aromatic carboxylic acids is 2. The summed E-state index contributed by atoms with van der Waals surface area (Å²) in [5.74, 6) is -3.46. The number of hydrogen-bond acceptors (Lipinski definition) is 5. The average molecular weight is 447 g/mol. The molecule has 168 valence electrons. The Kier molecular flexibility index (Phi) is 4.59. The van der Waals surface area contributed by atoms with Gasteiger partial charge in [-0.25, -0.2) is 9.59 Å². The van der Waals surface area contributed by atoms with Crippen LogP contribution in [0.1, 0.15) is 44.1 Å². The third-order valence-corrected chi connectivity index (χ3v) is 6.90. The van der Waals surface area contributed by atoms with Crippen molar-refractivity contribution in [3.05, 3.63) is 64.5 Å². The molecule has 2 aromatic rings. The molecule has 2 amide bonds. The van der Waals surface area contributed by atoms with E-state index in [4.69, 9.17) is 0 Å². The third kappa shape index (κ3) is 3.11. The number of carbonyl (C=O) groups excluding carboxylic acids is 2. The van der Waals surface area contributed by atoms with Crippen LogP contribution in [-0.2, 0) is 9.59 Å². The highest BCUT2D eigenvalue weighted by Crippen LogP contribution is 2.52. The number of nitrogens with zero attached hydrogens (tertiary/aromatic N) is 3. The fourth-order valence-electron chi connectivity index (χ4n) is 5.42. The second-order valence-corrected chi connectivity index (χ2v) is 8.77. The van der Waals surface area contributed by atoms with Gasteiger partial charge in [0.1, 0.15) is 0 Å². The van der Waals surface area contributed by atoms with Gasteiger partial charge >= 0.3 is 11.9 Å². The number of benzene rings is 1. The van der Waals surface area contributed by atoms with E-state index in [0.29, 0.717) is 22.6 Å². The number of carboxylic acid groups (broad SMARTS) is 2. The minimum Gasteiger partial charge on any atom is -0.478 e. The third-order valence-electron chi connectivity index (χ3n) is 6.90. The molecule has 1 aromatic heterocycles. The first-order chi connectivity index (χ1) is 15.7. The van der Waals surface area contributed by atoms with E-state index in [1.54, 1.807) is 24.5 Å². The first-order valence-electron chi connectivity index (χ1n) is 10.6. The molecule has 2 bridgehead atoms. The highest BCUT2D eigenvalue weighted by molar-refractivity contribution is 6.07. The summed E-state index contributed by atoms with van der Waals surface area (Å²) < 4.78 is 1.72. The zero-order valence-electron chi connectivity index (χ0n) is 17.9. The molecular formula is C24H21N3O6. The van der Waals surface area contributed by atoms with Gasteiger partial charge in [0.25, 0.3) is 11.8 Å². The fourth-order valence-corrected chi connectivity index (χ4v) is 5.42. The Morgan fingerprint density at radius 2 is 1.48 bits per heavy atom. The van der Waals surface area contributed by atoms with Crippen molar-refractivity contribution in [1.82, 2.24) is 9.58 Å². The lowest BCUT2D eigenvalue weighted by atomic mass is 9.85. The molecule has 3 aliphatic rings. The summed E-state index contributed by atoms with van der Waals surface area (Å²) in [5.41, 5.74) is 2.10. The Labute approximate surface area is 188 Å². The van der Waals surface area contributed by atoms with Crippen molar-refractivity contribution in [2.75, 3.05) is 0 Å². The van der Waals surface area contributed by atoms with Crippen LogP contribution in [0, 0.1) is 37.5 Å². The average Bonchev–Trinajstić information content (AvgIpc) is 3.50. The molecule has 1 aliphatic heterocycles. The van der Waals surface area contributed by atoms with E-state index in [0.717, 1.165) is 17.5 Å². The summed E-state index contributed by atoms with van der Waals surface area (Å²) in [5, 5.41) is 23.9. The van der Waals surface area contributed by atoms with Gasteiger partial charge < -0.3 is 14.8 Å². The number of aryl methyl sites for hydroxylation is 1. The molecule has 0 radical (unpaired) electrons. The Bertz CT molecular complexity index is 1240. The van der Waals surface area contributed by atoms with Crippen molar-refractivity contribution in [3.8, 4) is 5.69 Å². The molecule has 33 heavy (non-hydrogen) atoms. The van der Waals surface area contributed by atoms with Crippen molar-refractivity contribution < 1.29 is 29.4 Å². The molecule has 0 unspecified atom stereocenters. The van der Waals surface area contributed by atoms with Gasteiger partial charge in [0.15, 0.2) is 0 Å². The van der Waals surface area contributed by atoms with Crippen LogP contribution in [0.25, 0.3) is 5.69 Å². The zero-order valence-corrected chi connectivity index (χ0v) is 17.9. The number of fused-ring (bicyclic) bond motifs is 5. The number of hydrogen-bond donors (Lipinski definition) is 2. The zero-order chi connectivity index (χ0) is 23.6. The van der Waals surface area contributed by atoms with E-state index in [1.807, 2.05) is 12.2 Å². The van der Waals surface area contributed by atoms with E-state index in [1.165, 1.54) is 18.3 Å². The molecule has 2 fully saturated rings. The maximum absolute atomic E-state index is 12.8. The van der Waals surface area contributed by atoms with Gasteiger partial charge in [0.05, 0.1) is 29.2 Å². The lowest BCUT2D eigenvalue weighted by molar-refractivity contribution is -0.140. The van der Waals surface area contributed by atoms with Crippen LogP contribution in [0.2, 0.25) is 0 Å². The molecule has 9 heteroatoms. The number of rotatable bonds is 5. The number of carboxylic acids is 2. The molecule has 1 aromatic carbocycles. The van der Waals surface area contributed by atoms with Gasteiger partial charge in [0, 0.05) is 22.6 Å². The quantitative estimate of drug-likeness (QED) is 0.412. The van der Waals surface area contributed by atoms with Crippen molar-refractivity contribution >= 4 is 30.0 Å². The maximum atomic E-state index is 12.8. The Balaban J connectivity index is 1.48. The smallest absolute Gasteiger partial charge is 0.335 e. The van der Waals surface area contributed by atoms with Gasteiger partial charge in [-0.15, -0.1) is 0 Å². The molecule has 2 aliphatic carbocycles. The van der Waals surface area contributed by atoms with Gasteiger partial charge in [0.2, 0.25) is 0 Å².